The third kappa shape index (κ3) is 3.65. The fourth-order valence-corrected chi connectivity index (χ4v) is 1.97. The quantitative estimate of drug-likeness (QED) is 0.802. The zero-order valence-electron chi connectivity index (χ0n) is 11.8. The van der Waals surface area contributed by atoms with E-state index in [1.807, 2.05) is 36.5 Å². The Labute approximate surface area is 129 Å². The predicted molar refractivity (Wildman–Crippen MR) is 77.9 cm³/mol. The molecule has 0 atom stereocenters. The van der Waals surface area contributed by atoms with E-state index in [1.54, 1.807) is 10.9 Å². The molecule has 0 saturated carbocycles. The first-order valence-corrected chi connectivity index (χ1v) is 6.75. The molecule has 23 heavy (non-hydrogen) atoms. The molecule has 1 aromatic carbocycles. The highest BCUT2D eigenvalue weighted by atomic mass is 19.4. The Morgan fingerprint density at radius 1 is 1.04 bits per heavy atom. The van der Waals surface area contributed by atoms with Gasteiger partial charge >= 0.3 is 6.18 Å². The molecule has 0 aliphatic rings. The molecule has 1 N–H and O–H groups in total. The van der Waals surface area contributed by atoms with Gasteiger partial charge in [0.15, 0.2) is 0 Å². The lowest BCUT2D eigenvalue weighted by atomic mass is 10.2. The van der Waals surface area contributed by atoms with Gasteiger partial charge in [0.2, 0.25) is 5.95 Å². The zero-order valence-corrected chi connectivity index (χ0v) is 11.8. The molecule has 3 aromatic rings. The Bertz CT molecular complexity index is 767. The number of halogens is 3. The van der Waals surface area contributed by atoms with Crippen LogP contribution in [-0.2, 0) is 12.7 Å². The maximum absolute atomic E-state index is 12.6. The number of rotatable bonds is 4. The number of aromatic nitrogens is 4. The second-order valence-corrected chi connectivity index (χ2v) is 4.73. The van der Waals surface area contributed by atoms with Gasteiger partial charge in [-0.1, -0.05) is 12.1 Å². The van der Waals surface area contributed by atoms with E-state index in [9.17, 15) is 13.2 Å². The second kappa shape index (κ2) is 6.07. The van der Waals surface area contributed by atoms with Crippen LogP contribution in [0.4, 0.5) is 19.1 Å². The van der Waals surface area contributed by atoms with Crippen molar-refractivity contribution < 1.29 is 13.2 Å². The first-order chi connectivity index (χ1) is 11.0. The van der Waals surface area contributed by atoms with E-state index in [2.05, 4.69) is 20.4 Å². The van der Waals surface area contributed by atoms with Crippen LogP contribution in [0.1, 0.15) is 11.3 Å². The minimum Gasteiger partial charge on any atom is -0.350 e. The van der Waals surface area contributed by atoms with Gasteiger partial charge in [0.05, 0.1) is 5.69 Å². The molecule has 0 aliphatic carbocycles. The highest BCUT2D eigenvalue weighted by molar-refractivity contribution is 5.35. The van der Waals surface area contributed by atoms with Gasteiger partial charge < -0.3 is 5.32 Å². The third-order valence-corrected chi connectivity index (χ3v) is 3.10. The molecule has 0 spiro atoms. The third-order valence-electron chi connectivity index (χ3n) is 3.10. The van der Waals surface area contributed by atoms with E-state index in [1.165, 1.54) is 0 Å². The SMILES string of the molecule is FC(F)(F)c1ccnc(NCc2ccc(-n3cccn3)cc2)n1. The minimum atomic E-state index is -4.48. The standard InChI is InChI=1S/C15H12F3N5/c16-15(17,18)13-6-8-19-14(22-13)20-10-11-2-4-12(5-3-11)23-9-1-7-21-23/h1-9H,10H2,(H,19,20,22). The van der Waals surface area contributed by atoms with Crippen molar-refractivity contribution in [3.63, 3.8) is 0 Å². The topological polar surface area (TPSA) is 55.6 Å². The Morgan fingerprint density at radius 2 is 1.83 bits per heavy atom. The average Bonchev–Trinajstić information content (AvgIpc) is 3.07. The molecule has 2 aromatic heterocycles. The number of nitrogens with zero attached hydrogens (tertiary/aromatic N) is 4. The van der Waals surface area contributed by atoms with Gasteiger partial charge in [-0.05, 0) is 29.8 Å². The maximum atomic E-state index is 12.6. The van der Waals surface area contributed by atoms with E-state index in [-0.39, 0.29) is 5.95 Å². The summed E-state index contributed by atoms with van der Waals surface area (Å²) in [5.41, 5.74) is 0.819. The number of alkyl halides is 3. The van der Waals surface area contributed by atoms with Crippen LogP contribution in [0, 0.1) is 0 Å². The van der Waals surface area contributed by atoms with Crippen molar-refractivity contribution in [3.05, 3.63) is 66.2 Å². The molecular formula is C15H12F3N5. The lowest BCUT2D eigenvalue weighted by Gasteiger charge is -2.09. The van der Waals surface area contributed by atoms with Crippen LogP contribution < -0.4 is 5.32 Å². The average molecular weight is 319 g/mol. The molecule has 0 bridgehead atoms. The zero-order chi connectivity index (χ0) is 16.3. The van der Waals surface area contributed by atoms with Crippen LogP contribution in [0.5, 0.6) is 0 Å². The Kier molecular flexibility index (Phi) is 3.96. The first kappa shape index (κ1) is 15.0. The van der Waals surface area contributed by atoms with Gasteiger partial charge in [0.25, 0.3) is 0 Å². The Balaban J connectivity index is 1.67. The highest BCUT2D eigenvalue weighted by Gasteiger charge is 2.32. The lowest BCUT2D eigenvalue weighted by molar-refractivity contribution is -0.141. The summed E-state index contributed by atoms with van der Waals surface area (Å²) in [5, 5.41) is 6.90. The molecule has 0 radical (unpaired) electrons. The van der Waals surface area contributed by atoms with E-state index < -0.39 is 11.9 Å². The summed E-state index contributed by atoms with van der Waals surface area (Å²) in [5.74, 6) is -0.0593. The van der Waals surface area contributed by atoms with Crippen molar-refractivity contribution in [1.82, 2.24) is 19.7 Å². The molecular weight excluding hydrogens is 307 g/mol. The highest BCUT2D eigenvalue weighted by Crippen LogP contribution is 2.27. The van der Waals surface area contributed by atoms with Crippen LogP contribution in [0.3, 0.4) is 0 Å². The Morgan fingerprint density at radius 3 is 2.48 bits per heavy atom. The van der Waals surface area contributed by atoms with Crippen molar-refractivity contribution in [2.45, 2.75) is 12.7 Å². The number of hydrogen-bond acceptors (Lipinski definition) is 4. The number of hydrogen-bond donors (Lipinski definition) is 1. The van der Waals surface area contributed by atoms with E-state index in [0.717, 1.165) is 23.5 Å². The number of benzene rings is 1. The van der Waals surface area contributed by atoms with Crippen molar-refractivity contribution in [1.29, 1.82) is 0 Å². The van der Waals surface area contributed by atoms with Gasteiger partial charge in [-0.3, -0.25) is 0 Å². The Hall–Kier alpha value is -2.90. The van der Waals surface area contributed by atoms with Crippen LogP contribution in [0.15, 0.2) is 55.0 Å². The van der Waals surface area contributed by atoms with Crippen LogP contribution in [0.25, 0.3) is 5.69 Å². The van der Waals surface area contributed by atoms with Crippen LogP contribution in [-0.4, -0.2) is 19.7 Å². The summed E-state index contributed by atoms with van der Waals surface area (Å²) in [7, 11) is 0. The van der Waals surface area contributed by atoms with Crippen molar-refractivity contribution >= 4 is 5.95 Å². The van der Waals surface area contributed by atoms with E-state index >= 15 is 0 Å². The molecule has 0 aliphatic heterocycles. The number of nitrogens with one attached hydrogen (secondary N) is 1. The van der Waals surface area contributed by atoms with Crippen molar-refractivity contribution in [2.75, 3.05) is 5.32 Å². The van der Waals surface area contributed by atoms with Gasteiger partial charge in [0, 0.05) is 25.1 Å². The molecule has 0 amide bonds. The normalized spacial score (nSPS) is 11.4. The van der Waals surface area contributed by atoms with Crippen molar-refractivity contribution in [2.24, 2.45) is 0 Å². The van der Waals surface area contributed by atoms with Gasteiger partial charge in [0.1, 0.15) is 5.69 Å². The van der Waals surface area contributed by atoms with Crippen molar-refractivity contribution in [3.8, 4) is 5.69 Å². The van der Waals surface area contributed by atoms with Gasteiger partial charge in [-0.15, -0.1) is 0 Å². The fourth-order valence-electron chi connectivity index (χ4n) is 1.97. The van der Waals surface area contributed by atoms with E-state index in [0.29, 0.717) is 6.54 Å². The molecule has 0 unspecified atom stereocenters. The summed E-state index contributed by atoms with van der Waals surface area (Å²) in [4.78, 5) is 7.25. The second-order valence-electron chi connectivity index (χ2n) is 4.73. The predicted octanol–water partition coefficient (Wildman–Crippen LogP) is 3.29. The van der Waals surface area contributed by atoms with Gasteiger partial charge in [-0.25, -0.2) is 14.6 Å². The summed E-state index contributed by atoms with van der Waals surface area (Å²) in [6, 6.07) is 10.1. The molecule has 5 nitrogen and oxygen atoms in total. The summed E-state index contributed by atoms with van der Waals surface area (Å²) in [6.07, 6.45) is 0.105. The summed E-state index contributed by atoms with van der Waals surface area (Å²) >= 11 is 0. The fraction of sp³-hybridized carbons (Fsp3) is 0.133. The molecule has 118 valence electrons. The van der Waals surface area contributed by atoms with Crippen LogP contribution >= 0.6 is 0 Å². The molecule has 2 heterocycles. The first-order valence-electron chi connectivity index (χ1n) is 6.75. The van der Waals surface area contributed by atoms with Gasteiger partial charge in [-0.2, -0.15) is 18.3 Å². The molecule has 0 fully saturated rings. The summed E-state index contributed by atoms with van der Waals surface area (Å²) in [6.45, 7) is 0.320. The number of anilines is 1. The minimum absolute atomic E-state index is 0.0593. The monoisotopic (exact) mass is 319 g/mol. The lowest BCUT2D eigenvalue weighted by Crippen LogP contribution is -2.11. The molecule has 3 rings (SSSR count). The van der Waals surface area contributed by atoms with Crippen LogP contribution in [0.2, 0.25) is 0 Å². The van der Waals surface area contributed by atoms with E-state index in [4.69, 9.17) is 0 Å². The molecule has 0 saturated heterocycles. The summed E-state index contributed by atoms with van der Waals surface area (Å²) < 4.78 is 39.5. The molecule has 8 heteroatoms. The maximum Gasteiger partial charge on any atom is 0.433 e. The smallest absolute Gasteiger partial charge is 0.350 e. The largest absolute Gasteiger partial charge is 0.433 e.